The van der Waals surface area contributed by atoms with E-state index in [0.29, 0.717) is 0 Å². The van der Waals surface area contributed by atoms with E-state index in [-0.39, 0.29) is 12.1 Å². The summed E-state index contributed by atoms with van der Waals surface area (Å²) in [5, 5.41) is 3.05. The molecule has 2 heterocycles. The molecule has 1 saturated heterocycles. The van der Waals surface area contributed by atoms with Crippen LogP contribution in [0.1, 0.15) is 28.8 Å². The zero-order chi connectivity index (χ0) is 10.4. The molecule has 78 valence electrons. The Morgan fingerprint density at radius 1 is 1.47 bits per heavy atom. The van der Waals surface area contributed by atoms with Gasteiger partial charge in [0.15, 0.2) is 0 Å². The average Bonchev–Trinajstić information content (AvgIpc) is 2.66. The number of hydrogen-bond acceptors (Lipinski definition) is 2. The van der Waals surface area contributed by atoms with Gasteiger partial charge in [-0.25, -0.2) is 0 Å². The Hall–Kier alpha value is -1.51. The molecule has 1 unspecified atom stereocenters. The minimum atomic E-state index is 0.0804. The van der Waals surface area contributed by atoms with Crippen LogP contribution >= 0.6 is 0 Å². The molecule has 1 aromatic rings. The summed E-state index contributed by atoms with van der Waals surface area (Å²) < 4.78 is 0. The molecule has 2 aliphatic heterocycles. The van der Waals surface area contributed by atoms with Crippen LogP contribution in [0.25, 0.3) is 0 Å². The molecule has 0 aliphatic carbocycles. The van der Waals surface area contributed by atoms with Crippen LogP contribution < -0.4 is 10.2 Å². The Labute approximate surface area is 89.1 Å². The van der Waals surface area contributed by atoms with Crippen LogP contribution in [0.3, 0.4) is 0 Å². The second kappa shape index (κ2) is 2.99. The molecule has 0 bridgehead atoms. The average molecular weight is 202 g/mol. The maximum Gasteiger partial charge on any atom is 0.254 e. The smallest absolute Gasteiger partial charge is 0.254 e. The van der Waals surface area contributed by atoms with Gasteiger partial charge in [0.05, 0.1) is 11.3 Å². The number of nitrogens with zero attached hydrogens (tertiary/aromatic N) is 1. The standard InChI is InChI=1S/C12H14N2O/c1-8-4-5-10-9(7-8)12(15)13-11-3-2-6-14(10)11/h4-5,7,11H,2-3,6H2,1H3,(H,13,15). The van der Waals surface area contributed by atoms with Crippen LogP contribution in [0.15, 0.2) is 18.2 Å². The van der Waals surface area contributed by atoms with E-state index in [1.165, 1.54) is 0 Å². The largest absolute Gasteiger partial charge is 0.351 e. The van der Waals surface area contributed by atoms with Crippen molar-refractivity contribution in [3.8, 4) is 0 Å². The Kier molecular flexibility index (Phi) is 1.75. The Balaban J connectivity index is 2.14. The van der Waals surface area contributed by atoms with Crippen molar-refractivity contribution in [1.29, 1.82) is 0 Å². The summed E-state index contributed by atoms with van der Waals surface area (Å²) in [4.78, 5) is 14.1. The van der Waals surface area contributed by atoms with Gasteiger partial charge in [-0.3, -0.25) is 4.79 Å². The molecule has 0 saturated carbocycles. The van der Waals surface area contributed by atoms with Crippen molar-refractivity contribution in [3.63, 3.8) is 0 Å². The molecular formula is C12H14N2O. The SMILES string of the molecule is Cc1ccc2c(c1)C(=O)NC1CCCN21. The fourth-order valence-electron chi connectivity index (χ4n) is 2.52. The number of rotatable bonds is 0. The molecule has 1 atom stereocenters. The van der Waals surface area contributed by atoms with Crippen molar-refractivity contribution in [2.75, 3.05) is 11.4 Å². The number of carbonyl (C=O) groups excluding carboxylic acids is 1. The molecule has 3 nitrogen and oxygen atoms in total. The topological polar surface area (TPSA) is 32.3 Å². The highest BCUT2D eigenvalue weighted by Gasteiger charge is 2.33. The molecule has 1 N–H and O–H groups in total. The van der Waals surface area contributed by atoms with E-state index in [2.05, 4.69) is 22.3 Å². The molecule has 0 aromatic heterocycles. The molecule has 15 heavy (non-hydrogen) atoms. The second-order valence-electron chi connectivity index (χ2n) is 4.35. The normalized spacial score (nSPS) is 23.4. The van der Waals surface area contributed by atoms with Crippen LogP contribution in [-0.4, -0.2) is 18.6 Å². The van der Waals surface area contributed by atoms with Gasteiger partial charge >= 0.3 is 0 Å². The van der Waals surface area contributed by atoms with Crippen molar-refractivity contribution >= 4 is 11.6 Å². The number of carbonyl (C=O) groups is 1. The van der Waals surface area contributed by atoms with Gasteiger partial charge in [0.2, 0.25) is 0 Å². The molecule has 0 radical (unpaired) electrons. The molecule has 1 amide bonds. The van der Waals surface area contributed by atoms with E-state index >= 15 is 0 Å². The minimum Gasteiger partial charge on any atom is -0.351 e. The van der Waals surface area contributed by atoms with Crippen LogP contribution in [0.2, 0.25) is 0 Å². The van der Waals surface area contributed by atoms with Gasteiger partial charge in [-0.1, -0.05) is 11.6 Å². The first kappa shape index (κ1) is 8.77. The van der Waals surface area contributed by atoms with E-state index in [1.807, 2.05) is 13.0 Å². The minimum absolute atomic E-state index is 0.0804. The molecule has 2 aliphatic rings. The lowest BCUT2D eigenvalue weighted by Crippen LogP contribution is -2.49. The van der Waals surface area contributed by atoms with Gasteiger partial charge in [-0.2, -0.15) is 0 Å². The molecule has 1 fully saturated rings. The van der Waals surface area contributed by atoms with E-state index in [4.69, 9.17) is 0 Å². The highest BCUT2D eigenvalue weighted by Crippen LogP contribution is 2.31. The Morgan fingerprint density at radius 2 is 2.33 bits per heavy atom. The molecule has 1 aromatic carbocycles. The molecule has 3 rings (SSSR count). The summed E-state index contributed by atoms with van der Waals surface area (Å²) in [6.45, 7) is 3.07. The number of anilines is 1. The van der Waals surface area contributed by atoms with E-state index < -0.39 is 0 Å². The first-order valence-electron chi connectivity index (χ1n) is 5.44. The van der Waals surface area contributed by atoms with Crippen LogP contribution in [0.5, 0.6) is 0 Å². The summed E-state index contributed by atoms with van der Waals surface area (Å²) in [5.41, 5.74) is 3.07. The summed E-state index contributed by atoms with van der Waals surface area (Å²) >= 11 is 0. The Bertz CT molecular complexity index is 428. The van der Waals surface area contributed by atoms with Gasteiger partial charge in [-0.05, 0) is 31.9 Å². The third-order valence-electron chi connectivity index (χ3n) is 3.26. The first-order chi connectivity index (χ1) is 7.25. The number of aryl methyl sites for hydroxylation is 1. The summed E-state index contributed by atoms with van der Waals surface area (Å²) in [6, 6.07) is 6.12. The lowest BCUT2D eigenvalue weighted by molar-refractivity contribution is 0.0930. The summed E-state index contributed by atoms with van der Waals surface area (Å²) in [5.74, 6) is 0.0804. The molecular weight excluding hydrogens is 188 g/mol. The van der Waals surface area contributed by atoms with Crippen LogP contribution in [0.4, 0.5) is 5.69 Å². The molecule has 3 heteroatoms. The van der Waals surface area contributed by atoms with Gasteiger partial charge in [-0.15, -0.1) is 0 Å². The number of fused-ring (bicyclic) bond motifs is 3. The number of amides is 1. The molecule has 0 spiro atoms. The first-order valence-corrected chi connectivity index (χ1v) is 5.44. The lowest BCUT2D eigenvalue weighted by atomic mass is 10.1. The Morgan fingerprint density at radius 3 is 3.20 bits per heavy atom. The monoisotopic (exact) mass is 202 g/mol. The zero-order valence-corrected chi connectivity index (χ0v) is 8.79. The van der Waals surface area contributed by atoms with Crippen molar-refractivity contribution < 1.29 is 4.79 Å². The van der Waals surface area contributed by atoms with Gasteiger partial charge in [0.1, 0.15) is 6.17 Å². The highest BCUT2D eigenvalue weighted by atomic mass is 16.2. The highest BCUT2D eigenvalue weighted by molar-refractivity contribution is 6.02. The quantitative estimate of drug-likeness (QED) is 0.694. The fourth-order valence-corrected chi connectivity index (χ4v) is 2.52. The van der Waals surface area contributed by atoms with E-state index in [0.717, 1.165) is 36.2 Å². The fraction of sp³-hybridized carbons (Fsp3) is 0.417. The summed E-state index contributed by atoms with van der Waals surface area (Å²) in [7, 11) is 0. The number of benzene rings is 1. The third-order valence-corrected chi connectivity index (χ3v) is 3.26. The van der Waals surface area contributed by atoms with Crippen molar-refractivity contribution in [3.05, 3.63) is 29.3 Å². The maximum atomic E-state index is 11.8. The van der Waals surface area contributed by atoms with Gasteiger partial charge < -0.3 is 10.2 Å². The van der Waals surface area contributed by atoms with Crippen molar-refractivity contribution in [2.24, 2.45) is 0 Å². The predicted molar refractivity (Wildman–Crippen MR) is 59.0 cm³/mol. The van der Waals surface area contributed by atoms with E-state index in [9.17, 15) is 4.79 Å². The van der Waals surface area contributed by atoms with Crippen molar-refractivity contribution in [2.45, 2.75) is 25.9 Å². The second-order valence-corrected chi connectivity index (χ2v) is 4.35. The summed E-state index contributed by atoms with van der Waals surface area (Å²) in [6.07, 6.45) is 2.46. The van der Waals surface area contributed by atoms with Crippen LogP contribution in [0, 0.1) is 6.92 Å². The predicted octanol–water partition coefficient (Wildman–Crippen LogP) is 1.66. The number of hydrogen-bond donors (Lipinski definition) is 1. The van der Waals surface area contributed by atoms with Crippen molar-refractivity contribution in [1.82, 2.24) is 5.32 Å². The maximum absolute atomic E-state index is 11.8. The van der Waals surface area contributed by atoms with E-state index in [1.54, 1.807) is 0 Å². The zero-order valence-electron chi connectivity index (χ0n) is 8.79. The van der Waals surface area contributed by atoms with Gasteiger partial charge in [0, 0.05) is 6.54 Å². The van der Waals surface area contributed by atoms with Crippen LogP contribution in [-0.2, 0) is 0 Å². The third kappa shape index (κ3) is 1.23. The number of nitrogens with one attached hydrogen (secondary N) is 1. The lowest BCUT2D eigenvalue weighted by Gasteiger charge is -2.33. The van der Waals surface area contributed by atoms with Gasteiger partial charge in [0.25, 0.3) is 5.91 Å².